The second kappa shape index (κ2) is 8.28. The van der Waals surface area contributed by atoms with Gasteiger partial charge in [0.1, 0.15) is 0 Å². The molecule has 9 unspecified atom stereocenters. The summed E-state index contributed by atoms with van der Waals surface area (Å²) in [4.78, 5) is 0. The Labute approximate surface area is 199 Å². The van der Waals surface area contributed by atoms with Gasteiger partial charge in [-0.3, -0.25) is 0 Å². The van der Waals surface area contributed by atoms with E-state index in [2.05, 4.69) is 54.2 Å². The van der Waals surface area contributed by atoms with Crippen LogP contribution in [-0.4, -0.2) is 11.2 Å². The summed E-state index contributed by atoms with van der Waals surface area (Å²) in [6.45, 7) is 20.5. The normalized spacial score (nSPS) is 51.4. The van der Waals surface area contributed by atoms with Crippen LogP contribution in [0.3, 0.4) is 0 Å². The molecule has 0 aromatic rings. The standard InChI is InChI=1S/C28H46O.C3H6/c1-18-8-7-14-26(4)15-11-20-19(24(18)26)9-10-22-27(20,5)16-12-21-25(2,3)23(29)13-17-28(21,22)6;1-3-2/h9,18,20-24,29H,7-8,10-17H2,1-6H3;3H,1H2,2H3. The SMILES string of the molecule is C=CC.CC1CCCC2(C)CCC3C(=CCC4C3(C)CCC3C(C)(C)C(O)CCC34C)C12. The van der Waals surface area contributed by atoms with E-state index >= 15 is 0 Å². The maximum atomic E-state index is 10.8. The monoisotopic (exact) mass is 440 g/mol. The average Bonchev–Trinajstić information content (AvgIpc) is 2.71. The highest BCUT2D eigenvalue weighted by Crippen LogP contribution is 2.71. The molecule has 0 aromatic heterocycles. The van der Waals surface area contributed by atoms with Crippen molar-refractivity contribution in [3.8, 4) is 0 Å². The highest BCUT2D eigenvalue weighted by molar-refractivity contribution is 5.28. The number of rotatable bonds is 0. The molecule has 0 bridgehead atoms. The Bertz CT molecular complexity index is 748. The Hall–Kier alpha value is -0.560. The van der Waals surface area contributed by atoms with Crippen LogP contribution in [0.5, 0.6) is 0 Å². The molecule has 1 heteroatoms. The smallest absolute Gasteiger partial charge is 0.0594 e. The minimum atomic E-state index is -0.113. The van der Waals surface area contributed by atoms with Gasteiger partial charge in [0.25, 0.3) is 0 Å². The predicted molar refractivity (Wildman–Crippen MR) is 137 cm³/mol. The first-order chi connectivity index (χ1) is 15.0. The van der Waals surface area contributed by atoms with Crippen molar-refractivity contribution in [1.82, 2.24) is 0 Å². The van der Waals surface area contributed by atoms with E-state index in [4.69, 9.17) is 0 Å². The van der Waals surface area contributed by atoms with Crippen LogP contribution in [0.2, 0.25) is 0 Å². The maximum Gasteiger partial charge on any atom is 0.0594 e. The summed E-state index contributed by atoms with van der Waals surface area (Å²) in [5.41, 5.74) is 3.42. The largest absolute Gasteiger partial charge is 0.393 e. The van der Waals surface area contributed by atoms with Gasteiger partial charge in [-0.2, -0.15) is 0 Å². The number of aliphatic hydroxyl groups is 1. The maximum absolute atomic E-state index is 10.8. The van der Waals surface area contributed by atoms with Gasteiger partial charge in [-0.05, 0) is 110 Å². The fourth-order valence-electron chi connectivity index (χ4n) is 10.5. The quantitative estimate of drug-likeness (QED) is 0.374. The molecule has 0 aromatic carbocycles. The Morgan fingerprint density at radius 1 is 0.906 bits per heavy atom. The molecule has 0 amide bonds. The van der Waals surface area contributed by atoms with Gasteiger partial charge in [-0.25, -0.2) is 0 Å². The fourth-order valence-corrected chi connectivity index (χ4v) is 10.5. The van der Waals surface area contributed by atoms with Crippen molar-refractivity contribution in [2.75, 3.05) is 0 Å². The van der Waals surface area contributed by atoms with Gasteiger partial charge in [0, 0.05) is 0 Å². The molecule has 0 radical (unpaired) electrons. The molecule has 5 rings (SSSR count). The van der Waals surface area contributed by atoms with Crippen LogP contribution in [-0.2, 0) is 0 Å². The van der Waals surface area contributed by atoms with Crippen molar-refractivity contribution in [3.05, 3.63) is 24.3 Å². The van der Waals surface area contributed by atoms with Gasteiger partial charge in [-0.1, -0.05) is 72.1 Å². The molecule has 0 heterocycles. The van der Waals surface area contributed by atoms with Crippen LogP contribution in [0.4, 0.5) is 0 Å². The lowest BCUT2D eigenvalue weighted by Gasteiger charge is -2.68. The van der Waals surface area contributed by atoms with E-state index in [-0.39, 0.29) is 11.5 Å². The molecular formula is C31H52O. The number of hydrogen-bond acceptors (Lipinski definition) is 1. The Morgan fingerprint density at radius 2 is 1.56 bits per heavy atom. The molecule has 32 heavy (non-hydrogen) atoms. The molecular weight excluding hydrogens is 388 g/mol. The second-order valence-electron chi connectivity index (χ2n) is 14.0. The van der Waals surface area contributed by atoms with Crippen molar-refractivity contribution in [1.29, 1.82) is 0 Å². The third-order valence-corrected chi connectivity index (χ3v) is 12.0. The second-order valence-corrected chi connectivity index (χ2v) is 14.0. The lowest BCUT2D eigenvalue weighted by atomic mass is 9.37. The van der Waals surface area contributed by atoms with E-state index in [9.17, 15) is 5.11 Å². The third kappa shape index (κ3) is 3.42. The fraction of sp³-hybridized carbons (Fsp3) is 0.871. The zero-order chi connectivity index (χ0) is 23.5. The molecule has 4 fully saturated rings. The van der Waals surface area contributed by atoms with E-state index in [0.717, 1.165) is 30.1 Å². The van der Waals surface area contributed by atoms with Crippen molar-refractivity contribution < 1.29 is 5.11 Å². The highest BCUT2D eigenvalue weighted by Gasteiger charge is 2.64. The van der Waals surface area contributed by atoms with Crippen LogP contribution in [0.1, 0.15) is 113 Å². The van der Waals surface area contributed by atoms with Crippen LogP contribution in [0.15, 0.2) is 24.3 Å². The first-order valence-corrected chi connectivity index (χ1v) is 13.9. The molecule has 0 spiro atoms. The molecule has 0 saturated heterocycles. The van der Waals surface area contributed by atoms with Gasteiger partial charge in [0.05, 0.1) is 6.10 Å². The van der Waals surface area contributed by atoms with Crippen LogP contribution in [0.25, 0.3) is 0 Å². The Kier molecular flexibility index (Phi) is 6.36. The molecule has 1 nitrogen and oxygen atoms in total. The van der Waals surface area contributed by atoms with Gasteiger partial charge >= 0.3 is 0 Å². The number of fused-ring (bicyclic) bond motifs is 7. The summed E-state index contributed by atoms with van der Waals surface area (Å²) in [5.74, 6) is 4.03. The first kappa shape index (κ1) is 24.6. The predicted octanol–water partition coefficient (Wildman–Crippen LogP) is 8.58. The third-order valence-electron chi connectivity index (χ3n) is 12.0. The van der Waals surface area contributed by atoms with Crippen LogP contribution in [0, 0.1) is 51.2 Å². The molecule has 5 aliphatic carbocycles. The summed E-state index contributed by atoms with van der Waals surface area (Å²) in [6, 6.07) is 0. The van der Waals surface area contributed by atoms with Crippen LogP contribution < -0.4 is 0 Å². The zero-order valence-corrected chi connectivity index (χ0v) is 22.3. The van der Waals surface area contributed by atoms with E-state index < -0.39 is 0 Å². The number of hydrogen-bond donors (Lipinski definition) is 1. The van der Waals surface area contributed by atoms with Gasteiger partial charge in [0.2, 0.25) is 0 Å². The van der Waals surface area contributed by atoms with Crippen molar-refractivity contribution in [2.24, 2.45) is 51.2 Å². The lowest BCUT2D eigenvalue weighted by Crippen LogP contribution is -2.61. The van der Waals surface area contributed by atoms with Crippen molar-refractivity contribution >= 4 is 0 Å². The topological polar surface area (TPSA) is 20.2 Å². The number of aliphatic hydroxyl groups excluding tert-OH is 1. The number of allylic oxidation sites excluding steroid dienone is 3. The summed E-state index contributed by atoms with van der Waals surface area (Å²) >= 11 is 0. The first-order valence-electron chi connectivity index (χ1n) is 13.9. The van der Waals surface area contributed by atoms with Crippen molar-refractivity contribution in [2.45, 2.75) is 119 Å². The summed E-state index contributed by atoms with van der Waals surface area (Å²) in [7, 11) is 0. The van der Waals surface area contributed by atoms with E-state index in [1.165, 1.54) is 57.8 Å². The highest BCUT2D eigenvalue weighted by atomic mass is 16.3. The minimum absolute atomic E-state index is 0.0708. The molecule has 5 aliphatic rings. The van der Waals surface area contributed by atoms with Crippen molar-refractivity contribution in [3.63, 3.8) is 0 Å². The molecule has 1 N–H and O–H groups in total. The van der Waals surface area contributed by atoms with E-state index in [0.29, 0.717) is 22.2 Å². The Balaban J connectivity index is 0.000000775. The lowest BCUT2D eigenvalue weighted by molar-refractivity contribution is -0.185. The summed E-state index contributed by atoms with van der Waals surface area (Å²) in [6.07, 6.45) is 17.9. The molecule has 4 saturated carbocycles. The van der Waals surface area contributed by atoms with Crippen LogP contribution >= 0.6 is 0 Å². The molecule has 9 atom stereocenters. The molecule has 0 aliphatic heterocycles. The summed E-state index contributed by atoms with van der Waals surface area (Å²) < 4.78 is 0. The van der Waals surface area contributed by atoms with Gasteiger partial charge in [-0.15, -0.1) is 6.58 Å². The van der Waals surface area contributed by atoms with E-state index in [1.807, 2.05) is 12.5 Å². The minimum Gasteiger partial charge on any atom is -0.393 e. The van der Waals surface area contributed by atoms with Gasteiger partial charge in [0.15, 0.2) is 0 Å². The van der Waals surface area contributed by atoms with Gasteiger partial charge < -0.3 is 5.11 Å². The summed E-state index contributed by atoms with van der Waals surface area (Å²) in [5, 5.41) is 10.8. The zero-order valence-electron chi connectivity index (χ0n) is 22.3. The Morgan fingerprint density at radius 3 is 2.25 bits per heavy atom. The van der Waals surface area contributed by atoms with E-state index in [1.54, 1.807) is 6.08 Å². The molecule has 182 valence electrons. The average molecular weight is 441 g/mol.